The third-order valence-corrected chi connectivity index (χ3v) is 7.77. The second-order valence-electron chi connectivity index (χ2n) is 6.31. The van der Waals surface area contributed by atoms with E-state index >= 15 is 0 Å². The average Bonchev–Trinajstić information content (AvgIpc) is 3.06. The Morgan fingerprint density at radius 3 is 2.54 bits per heavy atom. The van der Waals surface area contributed by atoms with Gasteiger partial charge in [0, 0.05) is 12.7 Å². The topological polar surface area (TPSA) is 75.7 Å². The summed E-state index contributed by atoms with van der Waals surface area (Å²) in [4.78, 5) is 14.5. The second kappa shape index (κ2) is 6.91. The molecule has 1 aliphatic rings. The van der Waals surface area contributed by atoms with Crippen molar-refractivity contribution in [2.24, 2.45) is 0 Å². The predicted octanol–water partition coefficient (Wildman–Crippen LogP) is 5.00. The largest absolute Gasteiger partial charge is 0.454 e. The SMILES string of the molecule is Cc1ccc2c(c1)N(C)C(=O)c1cc(NS(=O)(=O)c3ccc(Br)s3)ccc1O2. The Morgan fingerprint density at radius 2 is 1.82 bits per heavy atom. The lowest BCUT2D eigenvalue weighted by atomic mass is 10.1. The molecule has 0 atom stereocenters. The van der Waals surface area contributed by atoms with Gasteiger partial charge >= 0.3 is 0 Å². The summed E-state index contributed by atoms with van der Waals surface area (Å²) in [6.07, 6.45) is 0. The Labute approximate surface area is 174 Å². The van der Waals surface area contributed by atoms with Gasteiger partial charge < -0.3 is 9.64 Å². The number of fused-ring (bicyclic) bond motifs is 2. The molecule has 0 saturated carbocycles. The van der Waals surface area contributed by atoms with Gasteiger partial charge in [0.15, 0.2) is 5.75 Å². The molecule has 1 amide bonds. The first-order chi connectivity index (χ1) is 13.2. The van der Waals surface area contributed by atoms with Crippen LogP contribution in [0.2, 0.25) is 0 Å². The van der Waals surface area contributed by atoms with E-state index in [0.29, 0.717) is 21.0 Å². The summed E-state index contributed by atoms with van der Waals surface area (Å²) < 4.78 is 34.5. The van der Waals surface area contributed by atoms with Crippen LogP contribution in [0.25, 0.3) is 0 Å². The predicted molar refractivity (Wildman–Crippen MR) is 113 cm³/mol. The summed E-state index contributed by atoms with van der Waals surface area (Å²) >= 11 is 4.37. The van der Waals surface area contributed by atoms with Crippen LogP contribution in [-0.2, 0) is 10.0 Å². The monoisotopic (exact) mass is 478 g/mol. The highest BCUT2D eigenvalue weighted by Gasteiger charge is 2.27. The smallest absolute Gasteiger partial charge is 0.271 e. The molecule has 4 rings (SSSR count). The number of aryl methyl sites for hydroxylation is 1. The zero-order chi connectivity index (χ0) is 20.1. The number of nitrogens with zero attached hydrogens (tertiary/aromatic N) is 1. The molecule has 0 saturated heterocycles. The average molecular weight is 479 g/mol. The molecule has 1 aliphatic heterocycles. The van der Waals surface area contributed by atoms with E-state index in [2.05, 4.69) is 20.7 Å². The molecule has 0 unspecified atom stereocenters. The molecule has 2 heterocycles. The summed E-state index contributed by atoms with van der Waals surface area (Å²) in [7, 11) is -2.08. The zero-order valence-corrected chi connectivity index (χ0v) is 18.1. The summed E-state index contributed by atoms with van der Waals surface area (Å²) in [5.74, 6) is 0.664. The van der Waals surface area contributed by atoms with Gasteiger partial charge in [0.1, 0.15) is 9.96 Å². The van der Waals surface area contributed by atoms with Gasteiger partial charge in [0.25, 0.3) is 15.9 Å². The molecular formula is C19H15BrN2O4S2. The molecule has 3 aromatic rings. The zero-order valence-electron chi connectivity index (χ0n) is 14.9. The highest BCUT2D eigenvalue weighted by atomic mass is 79.9. The lowest BCUT2D eigenvalue weighted by Crippen LogP contribution is -2.25. The van der Waals surface area contributed by atoms with Crippen molar-refractivity contribution in [2.75, 3.05) is 16.7 Å². The van der Waals surface area contributed by atoms with E-state index in [1.54, 1.807) is 25.2 Å². The van der Waals surface area contributed by atoms with Gasteiger partial charge in [-0.25, -0.2) is 8.42 Å². The number of carbonyl (C=O) groups excluding carboxylic acids is 1. The Kier molecular flexibility index (Phi) is 4.68. The summed E-state index contributed by atoms with van der Waals surface area (Å²) in [5, 5.41) is 0. The van der Waals surface area contributed by atoms with Crippen molar-refractivity contribution in [3.63, 3.8) is 0 Å². The molecule has 1 aromatic heterocycles. The molecule has 0 spiro atoms. The number of carbonyl (C=O) groups is 1. The highest BCUT2D eigenvalue weighted by Crippen LogP contribution is 2.40. The minimum absolute atomic E-state index is 0.178. The minimum atomic E-state index is -3.75. The van der Waals surface area contributed by atoms with Gasteiger partial charge in [0.05, 0.1) is 15.0 Å². The van der Waals surface area contributed by atoms with Crippen LogP contribution >= 0.6 is 27.3 Å². The number of thiophene rings is 1. The number of nitrogens with one attached hydrogen (secondary N) is 1. The molecule has 6 nitrogen and oxygen atoms in total. The van der Waals surface area contributed by atoms with Crippen LogP contribution in [0.3, 0.4) is 0 Å². The first-order valence-electron chi connectivity index (χ1n) is 8.23. The Balaban J connectivity index is 1.72. The highest BCUT2D eigenvalue weighted by molar-refractivity contribution is 9.11. The maximum atomic E-state index is 13.0. The van der Waals surface area contributed by atoms with Crippen LogP contribution in [0.5, 0.6) is 11.5 Å². The summed E-state index contributed by atoms with van der Waals surface area (Å²) in [5.41, 5.74) is 2.23. The van der Waals surface area contributed by atoms with E-state index in [1.807, 2.05) is 25.1 Å². The number of benzene rings is 2. The van der Waals surface area contributed by atoms with Gasteiger partial charge in [-0.05, 0) is 70.9 Å². The van der Waals surface area contributed by atoms with E-state index in [9.17, 15) is 13.2 Å². The summed E-state index contributed by atoms with van der Waals surface area (Å²) in [6, 6.07) is 13.4. The molecular weight excluding hydrogens is 464 g/mol. The lowest BCUT2D eigenvalue weighted by molar-refractivity contribution is 0.0993. The number of rotatable bonds is 3. The van der Waals surface area contributed by atoms with E-state index < -0.39 is 10.0 Å². The fourth-order valence-corrected chi connectivity index (χ4v) is 5.94. The maximum absolute atomic E-state index is 13.0. The van der Waals surface area contributed by atoms with Crippen molar-refractivity contribution < 1.29 is 17.9 Å². The molecule has 0 fully saturated rings. The van der Waals surface area contributed by atoms with Crippen LogP contribution in [0.4, 0.5) is 11.4 Å². The lowest BCUT2D eigenvalue weighted by Gasteiger charge is -2.16. The van der Waals surface area contributed by atoms with Crippen molar-refractivity contribution >= 4 is 54.6 Å². The molecule has 1 N–H and O–H groups in total. The quantitative estimate of drug-likeness (QED) is 0.574. The Hall–Kier alpha value is -2.36. The van der Waals surface area contributed by atoms with Crippen molar-refractivity contribution in [1.82, 2.24) is 0 Å². The number of sulfonamides is 1. The number of hydrogen-bond donors (Lipinski definition) is 1. The van der Waals surface area contributed by atoms with Crippen LogP contribution in [0.1, 0.15) is 15.9 Å². The van der Waals surface area contributed by atoms with Gasteiger partial charge in [-0.1, -0.05) is 6.07 Å². The molecule has 9 heteroatoms. The van der Waals surface area contributed by atoms with Gasteiger partial charge in [0.2, 0.25) is 0 Å². The number of ether oxygens (including phenoxy) is 1. The summed E-state index contributed by atoms with van der Waals surface area (Å²) in [6.45, 7) is 1.94. The molecule has 0 aliphatic carbocycles. The molecule has 144 valence electrons. The van der Waals surface area contributed by atoms with E-state index in [0.717, 1.165) is 16.9 Å². The third-order valence-electron chi connectivity index (χ3n) is 4.28. The second-order valence-corrected chi connectivity index (χ2v) is 10.7. The van der Waals surface area contributed by atoms with Crippen LogP contribution < -0.4 is 14.4 Å². The standard InChI is InChI=1S/C19H15BrN2O4S2/c1-11-3-5-16-14(9-11)22(2)19(23)13-10-12(4-6-15(13)26-16)21-28(24,25)18-8-7-17(20)27-18/h3-10,21H,1-2H3. The minimum Gasteiger partial charge on any atom is -0.454 e. The van der Waals surface area contributed by atoms with Crippen LogP contribution in [0, 0.1) is 6.92 Å². The number of anilines is 2. The van der Waals surface area contributed by atoms with Gasteiger partial charge in [-0.15, -0.1) is 11.3 Å². The van der Waals surface area contributed by atoms with Gasteiger partial charge in [-0.2, -0.15) is 0 Å². The number of amides is 1. The van der Waals surface area contributed by atoms with Crippen LogP contribution in [-0.4, -0.2) is 21.4 Å². The van der Waals surface area contributed by atoms with Crippen molar-refractivity contribution in [3.8, 4) is 11.5 Å². The Bertz CT molecular complexity index is 1200. The molecule has 0 bridgehead atoms. The molecule has 0 radical (unpaired) electrons. The van der Waals surface area contributed by atoms with Crippen molar-refractivity contribution in [3.05, 3.63) is 63.4 Å². The Morgan fingerprint density at radius 1 is 1.07 bits per heavy atom. The third kappa shape index (κ3) is 3.41. The first kappa shape index (κ1) is 19.0. The van der Waals surface area contributed by atoms with Crippen LogP contribution in [0.15, 0.2) is 56.5 Å². The fourth-order valence-electron chi connectivity index (χ4n) is 2.88. The van der Waals surface area contributed by atoms with Gasteiger partial charge in [-0.3, -0.25) is 9.52 Å². The van der Waals surface area contributed by atoms with E-state index in [4.69, 9.17) is 4.74 Å². The van der Waals surface area contributed by atoms with E-state index in [-0.39, 0.29) is 21.4 Å². The fraction of sp³-hybridized carbons (Fsp3) is 0.105. The van der Waals surface area contributed by atoms with Crippen molar-refractivity contribution in [1.29, 1.82) is 0 Å². The normalized spacial score (nSPS) is 13.4. The number of hydrogen-bond acceptors (Lipinski definition) is 5. The first-order valence-corrected chi connectivity index (χ1v) is 11.3. The molecule has 28 heavy (non-hydrogen) atoms. The van der Waals surface area contributed by atoms with Crippen molar-refractivity contribution in [2.45, 2.75) is 11.1 Å². The maximum Gasteiger partial charge on any atom is 0.271 e. The molecule has 2 aromatic carbocycles. The van der Waals surface area contributed by atoms with E-state index in [1.165, 1.54) is 17.0 Å². The number of halogens is 1.